The number of hydrazine groups is 1. The van der Waals surface area contributed by atoms with Gasteiger partial charge in [0.15, 0.2) is 0 Å². The fourth-order valence-electron chi connectivity index (χ4n) is 7.24. The molecule has 6 heteroatoms. The topological polar surface area (TPSA) is 78.0 Å². The van der Waals surface area contributed by atoms with Crippen LogP contribution in [0, 0.1) is 11.3 Å². The Morgan fingerprint density at radius 3 is 2.17 bits per heavy atom. The van der Waals surface area contributed by atoms with Crippen LogP contribution in [-0.4, -0.2) is 4.57 Å². The fourth-order valence-corrected chi connectivity index (χ4v) is 7.24. The summed E-state index contributed by atoms with van der Waals surface area (Å²) in [5.74, 6) is 0. The molecule has 2 aromatic heterocycles. The molecule has 1 unspecified atom stereocenters. The van der Waals surface area contributed by atoms with Crippen LogP contribution in [0.4, 0.5) is 0 Å². The SMILES string of the molecule is N#Cc1ccc2c(c1)c1ccc(-c3cccc4c3oc3ccccc34)cc1n2-c1ccc(CNC(NNCc2ccccc2)c2ccccc2)cc1. The zero-order valence-corrected chi connectivity index (χ0v) is 28.4. The molecule has 0 radical (unpaired) electrons. The molecule has 7 aromatic carbocycles. The average Bonchev–Trinajstić information content (AvgIpc) is 3.75. The Bertz CT molecular complexity index is 2720. The largest absolute Gasteiger partial charge is 0.455 e. The number of nitrogens with zero attached hydrogens (tertiary/aromatic N) is 2. The number of benzene rings is 7. The van der Waals surface area contributed by atoms with Crippen molar-refractivity contribution in [1.82, 2.24) is 20.7 Å². The summed E-state index contributed by atoms with van der Waals surface area (Å²) in [6.45, 7) is 1.38. The van der Waals surface area contributed by atoms with E-state index in [4.69, 9.17) is 4.42 Å². The van der Waals surface area contributed by atoms with E-state index in [9.17, 15) is 5.26 Å². The van der Waals surface area contributed by atoms with Gasteiger partial charge >= 0.3 is 0 Å². The van der Waals surface area contributed by atoms with Gasteiger partial charge in [-0.25, -0.2) is 5.43 Å². The molecule has 0 saturated carbocycles. The molecule has 9 rings (SSSR count). The second-order valence-electron chi connectivity index (χ2n) is 13.1. The smallest absolute Gasteiger partial charge is 0.143 e. The molecule has 6 nitrogen and oxygen atoms in total. The summed E-state index contributed by atoms with van der Waals surface area (Å²) in [4.78, 5) is 0. The van der Waals surface area contributed by atoms with Crippen molar-refractivity contribution >= 4 is 43.7 Å². The zero-order chi connectivity index (χ0) is 34.9. The Hall–Kier alpha value is -6.49. The van der Waals surface area contributed by atoms with E-state index < -0.39 is 0 Å². The molecule has 0 aliphatic heterocycles. The minimum Gasteiger partial charge on any atom is -0.455 e. The number of hydrogen-bond acceptors (Lipinski definition) is 5. The van der Waals surface area contributed by atoms with Gasteiger partial charge in [0.25, 0.3) is 0 Å². The van der Waals surface area contributed by atoms with Crippen LogP contribution in [0.25, 0.3) is 60.6 Å². The second-order valence-corrected chi connectivity index (χ2v) is 13.1. The van der Waals surface area contributed by atoms with Crippen molar-refractivity contribution < 1.29 is 4.42 Å². The lowest BCUT2D eigenvalue weighted by atomic mass is 10.0. The molecule has 0 spiro atoms. The predicted octanol–water partition coefficient (Wildman–Crippen LogP) is 10.3. The molecular weight excluding hydrogens is 639 g/mol. The van der Waals surface area contributed by atoms with Crippen LogP contribution in [0.5, 0.6) is 0 Å². The van der Waals surface area contributed by atoms with Crippen molar-refractivity contribution in [2.24, 2.45) is 0 Å². The van der Waals surface area contributed by atoms with E-state index in [0.717, 1.165) is 66.1 Å². The number of rotatable bonds is 10. The van der Waals surface area contributed by atoms with Crippen molar-refractivity contribution in [3.63, 3.8) is 0 Å². The first kappa shape index (κ1) is 31.5. The van der Waals surface area contributed by atoms with Gasteiger partial charge in [0.1, 0.15) is 11.2 Å². The van der Waals surface area contributed by atoms with Crippen molar-refractivity contribution in [2.45, 2.75) is 19.3 Å². The van der Waals surface area contributed by atoms with Crippen LogP contribution >= 0.6 is 0 Å². The van der Waals surface area contributed by atoms with Gasteiger partial charge in [-0.05, 0) is 64.7 Å². The summed E-state index contributed by atoms with van der Waals surface area (Å²) in [5.41, 5.74) is 18.1. The molecule has 0 bridgehead atoms. The standard InChI is InChI=1S/C46H35N5O/c47-28-33-20-25-42-41(26-33)38-24-21-35(37-15-9-16-40-39-14-7-8-17-44(39)52-45(37)40)27-43(38)51(42)36-22-18-32(19-23-36)29-48-46(34-12-5-2-6-13-34)50-49-30-31-10-3-1-4-11-31/h1-27,46,48-50H,29-30H2. The van der Waals surface area contributed by atoms with Crippen LogP contribution in [-0.2, 0) is 13.1 Å². The minimum atomic E-state index is -0.0918. The Balaban J connectivity index is 1.05. The molecule has 0 aliphatic carbocycles. The number of hydrogen-bond donors (Lipinski definition) is 3. The molecule has 3 N–H and O–H groups in total. The molecular formula is C46H35N5O. The molecule has 0 saturated heterocycles. The van der Waals surface area contributed by atoms with Gasteiger partial charge in [-0.15, -0.1) is 0 Å². The van der Waals surface area contributed by atoms with E-state index in [1.165, 1.54) is 11.1 Å². The fraction of sp³-hybridized carbons (Fsp3) is 0.0652. The van der Waals surface area contributed by atoms with Crippen molar-refractivity contribution in [2.75, 3.05) is 0 Å². The minimum absolute atomic E-state index is 0.0918. The van der Waals surface area contributed by atoms with E-state index in [1.807, 2.05) is 42.5 Å². The second kappa shape index (κ2) is 13.7. The number of nitriles is 1. The molecule has 1 atom stereocenters. The maximum absolute atomic E-state index is 9.76. The van der Waals surface area contributed by atoms with Crippen molar-refractivity contribution in [3.05, 3.63) is 186 Å². The van der Waals surface area contributed by atoms with E-state index in [0.29, 0.717) is 18.7 Å². The monoisotopic (exact) mass is 673 g/mol. The average molecular weight is 674 g/mol. The molecule has 0 amide bonds. The quantitative estimate of drug-likeness (QED) is 0.0995. The van der Waals surface area contributed by atoms with Gasteiger partial charge in [-0.1, -0.05) is 121 Å². The van der Waals surface area contributed by atoms with E-state index in [1.54, 1.807) is 0 Å². The first-order chi connectivity index (χ1) is 25.7. The highest BCUT2D eigenvalue weighted by Crippen LogP contribution is 2.39. The molecule has 0 fully saturated rings. The van der Waals surface area contributed by atoms with Crippen LogP contribution in [0.2, 0.25) is 0 Å². The number of para-hydroxylation sites is 2. The lowest BCUT2D eigenvalue weighted by molar-refractivity contribution is 0.373. The lowest BCUT2D eigenvalue weighted by Crippen LogP contribution is -2.42. The van der Waals surface area contributed by atoms with E-state index >= 15 is 0 Å². The Morgan fingerprint density at radius 1 is 0.596 bits per heavy atom. The Morgan fingerprint density at radius 2 is 1.35 bits per heavy atom. The number of fused-ring (bicyclic) bond motifs is 6. The molecule has 250 valence electrons. The molecule has 9 aromatic rings. The third kappa shape index (κ3) is 5.89. The van der Waals surface area contributed by atoms with Gasteiger partial charge in [0.2, 0.25) is 0 Å². The first-order valence-corrected chi connectivity index (χ1v) is 17.5. The normalized spacial score (nSPS) is 12.1. The Kier molecular flexibility index (Phi) is 8.28. The first-order valence-electron chi connectivity index (χ1n) is 17.5. The van der Waals surface area contributed by atoms with Crippen molar-refractivity contribution in [3.8, 4) is 22.9 Å². The number of furan rings is 1. The third-order valence-corrected chi connectivity index (χ3v) is 9.83. The van der Waals surface area contributed by atoms with Gasteiger partial charge in [-0.2, -0.15) is 5.26 Å². The molecule has 0 aliphatic rings. The third-order valence-electron chi connectivity index (χ3n) is 9.83. The Labute approximate surface area is 301 Å². The van der Waals surface area contributed by atoms with E-state index in [2.05, 4.69) is 148 Å². The van der Waals surface area contributed by atoms with Gasteiger partial charge in [-0.3, -0.25) is 10.7 Å². The summed E-state index contributed by atoms with van der Waals surface area (Å²) < 4.78 is 8.72. The summed E-state index contributed by atoms with van der Waals surface area (Å²) in [7, 11) is 0. The number of nitrogens with one attached hydrogen (secondary N) is 3. The van der Waals surface area contributed by atoms with E-state index in [-0.39, 0.29) is 6.17 Å². The molecule has 52 heavy (non-hydrogen) atoms. The predicted molar refractivity (Wildman–Crippen MR) is 211 cm³/mol. The summed E-state index contributed by atoms with van der Waals surface area (Å²) in [5, 5.41) is 17.8. The highest BCUT2D eigenvalue weighted by molar-refractivity contribution is 6.13. The molecule has 2 heterocycles. The van der Waals surface area contributed by atoms with Gasteiger partial charge in [0.05, 0.1) is 28.8 Å². The number of aromatic nitrogens is 1. The highest BCUT2D eigenvalue weighted by Gasteiger charge is 2.17. The van der Waals surface area contributed by atoms with Crippen LogP contribution < -0.4 is 16.2 Å². The van der Waals surface area contributed by atoms with Gasteiger partial charge < -0.3 is 8.98 Å². The maximum atomic E-state index is 9.76. The summed E-state index contributed by atoms with van der Waals surface area (Å²) in [6, 6.07) is 58.9. The van der Waals surface area contributed by atoms with Crippen molar-refractivity contribution in [1.29, 1.82) is 5.26 Å². The van der Waals surface area contributed by atoms with Crippen LogP contribution in [0.1, 0.15) is 28.4 Å². The van der Waals surface area contributed by atoms with Crippen LogP contribution in [0.15, 0.2) is 168 Å². The lowest BCUT2D eigenvalue weighted by Gasteiger charge is -2.22. The van der Waals surface area contributed by atoms with Gasteiger partial charge in [0, 0.05) is 45.9 Å². The summed E-state index contributed by atoms with van der Waals surface area (Å²) in [6.07, 6.45) is -0.0918. The summed E-state index contributed by atoms with van der Waals surface area (Å²) >= 11 is 0. The van der Waals surface area contributed by atoms with Crippen LogP contribution in [0.3, 0.4) is 0 Å². The highest BCUT2D eigenvalue weighted by atomic mass is 16.3. The zero-order valence-electron chi connectivity index (χ0n) is 28.4. The maximum Gasteiger partial charge on any atom is 0.143 e.